The molecule has 1 heterocycles. The maximum atomic E-state index is 14.5. The number of carbonyl (C=O) groups excluding carboxylic acids is 1. The van der Waals surface area contributed by atoms with Gasteiger partial charge in [-0.1, -0.05) is 48.5 Å². The van der Waals surface area contributed by atoms with Gasteiger partial charge in [0.25, 0.3) is 5.92 Å². The molecule has 0 spiro atoms. The third-order valence-corrected chi connectivity index (χ3v) is 5.01. The van der Waals surface area contributed by atoms with E-state index in [1.54, 1.807) is 60.7 Å². The van der Waals surface area contributed by atoms with Crippen molar-refractivity contribution >= 4 is 11.8 Å². The summed E-state index contributed by atoms with van der Waals surface area (Å²) >= 11 is 0. The molecule has 5 nitrogen and oxygen atoms in total. The summed E-state index contributed by atoms with van der Waals surface area (Å²) in [6.45, 7) is -0.174. The number of phenols is 1. The van der Waals surface area contributed by atoms with Crippen LogP contribution in [0.15, 0.2) is 84.9 Å². The Hall–Kier alpha value is -3.61. The minimum absolute atomic E-state index is 0.174. The minimum Gasteiger partial charge on any atom is -0.508 e. The molecule has 32 heavy (non-hydrogen) atoms. The first-order valence-corrected chi connectivity index (χ1v) is 10.2. The number of amides is 1. The molecular formula is C25H25F2NO4. The molecule has 1 N–H and O–H groups in total. The van der Waals surface area contributed by atoms with Gasteiger partial charge in [0.2, 0.25) is 0 Å². The Labute approximate surface area is 185 Å². The maximum Gasteiger partial charge on any atom is 0.414 e. The van der Waals surface area contributed by atoms with Gasteiger partial charge in [0.05, 0.1) is 13.7 Å². The summed E-state index contributed by atoms with van der Waals surface area (Å²) in [6, 6.07) is 24.4. The average Bonchev–Trinajstić information content (AvgIpc) is 3.22. The van der Waals surface area contributed by atoms with Crippen molar-refractivity contribution < 1.29 is 28.2 Å². The largest absolute Gasteiger partial charge is 0.508 e. The molecule has 4 rings (SSSR count). The SMILES string of the molecule is COc1ccc(N2CC(C(F)(F)CCc3ccccc3)OC2=O)cc1.Oc1ccccc1. The van der Waals surface area contributed by atoms with Crippen LogP contribution in [0.25, 0.3) is 0 Å². The first-order chi connectivity index (χ1) is 15.4. The molecule has 0 saturated carbocycles. The quantitative estimate of drug-likeness (QED) is 0.535. The number of cyclic esters (lactones) is 1. The smallest absolute Gasteiger partial charge is 0.414 e. The molecule has 1 unspecified atom stereocenters. The number of hydrogen-bond acceptors (Lipinski definition) is 4. The Morgan fingerprint density at radius 3 is 2.12 bits per heavy atom. The van der Waals surface area contributed by atoms with E-state index < -0.39 is 18.1 Å². The van der Waals surface area contributed by atoms with Crippen LogP contribution in [0.3, 0.4) is 0 Å². The van der Waals surface area contributed by atoms with Gasteiger partial charge in [-0.2, -0.15) is 0 Å². The number of rotatable bonds is 6. The molecule has 3 aromatic carbocycles. The van der Waals surface area contributed by atoms with Crippen molar-refractivity contribution in [2.75, 3.05) is 18.6 Å². The lowest BCUT2D eigenvalue weighted by atomic mass is 10.0. The fourth-order valence-corrected chi connectivity index (χ4v) is 3.20. The molecule has 0 radical (unpaired) electrons. The van der Waals surface area contributed by atoms with Crippen molar-refractivity contribution in [3.63, 3.8) is 0 Å². The molecule has 0 aliphatic carbocycles. The molecule has 0 bridgehead atoms. The van der Waals surface area contributed by atoms with Crippen molar-refractivity contribution in [2.24, 2.45) is 0 Å². The Balaban J connectivity index is 0.000000352. The maximum absolute atomic E-state index is 14.5. The summed E-state index contributed by atoms with van der Waals surface area (Å²) in [5.74, 6) is -2.14. The van der Waals surface area contributed by atoms with Gasteiger partial charge in [0, 0.05) is 12.1 Å². The summed E-state index contributed by atoms with van der Waals surface area (Å²) in [5.41, 5.74) is 1.34. The average molecular weight is 441 g/mol. The number of halogens is 2. The van der Waals surface area contributed by atoms with Crippen LogP contribution in [-0.2, 0) is 11.2 Å². The Bertz CT molecular complexity index is 982. The van der Waals surface area contributed by atoms with E-state index in [1.165, 1.54) is 12.0 Å². The normalized spacial score (nSPS) is 15.5. The van der Waals surface area contributed by atoms with Crippen LogP contribution in [0, 0.1) is 0 Å². The summed E-state index contributed by atoms with van der Waals surface area (Å²) < 4.78 is 38.9. The van der Waals surface area contributed by atoms with E-state index in [0.717, 1.165) is 5.56 Å². The van der Waals surface area contributed by atoms with Crippen LogP contribution in [0.4, 0.5) is 19.3 Å². The second-order valence-corrected chi connectivity index (χ2v) is 7.26. The highest BCUT2D eigenvalue weighted by atomic mass is 19.3. The molecule has 168 valence electrons. The molecule has 1 aliphatic heterocycles. The van der Waals surface area contributed by atoms with E-state index >= 15 is 0 Å². The third-order valence-electron chi connectivity index (χ3n) is 5.01. The Kier molecular flexibility index (Phi) is 7.65. The van der Waals surface area contributed by atoms with Gasteiger partial charge in [-0.15, -0.1) is 0 Å². The zero-order valence-corrected chi connectivity index (χ0v) is 17.7. The number of hydrogen-bond donors (Lipinski definition) is 1. The standard InChI is InChI=1S/C19H19F2NO3.C6H6O/c1-24-16-9-7-15(8-10-16)22-13-17(25-18(22)23)19(20,21)12-11-14-5-3-2-4-6-14;7-6-4-2-1-3-5-6/h2-10,17H,11-13H2,1H3;1-5,7H. The molecule has 1 atom stereocenters. The lowest BCUT2D eigenvalue weighted by Crippen LogP contribution is -2.37. The first kappa shape index (κ1) is 23.1. The van der Waals surface area contributed by atoms with Gasteiger partial charge in [-0.05, 0) is 48.4 Å². The molecule has 1 aliphatic rings. The van der Waals surface area contributed by atoms with E-state index in [2.05, 4.69) is 0 Å². The van der Waals surface area contributed by atoms with E-state index in [0.29, 0.717) is 17.2 Å². The number of methoxy groups -OCH3 is 1. The number of carbonyl (C=O) groups is 1. The molecule has 0 aromatic heterocycles. The minimum atomic E-state index is -3.09. The van der Waals surface area contributed by atoms with Gasteiger partial charge in [-0.3, -0.25) is 4.90 Å². The van der Waals surface area contributed by atoms with Crippen LogP contribution >= 0.6 is 0 Å². The van der Waals surface area contributed by atoms with Crippen LogP contribution in [0.2, 0.25) is 0 Å². The summed E-state index contributed by atoms with van der Waals surface area (Å²) in [4.78, 5) is 13.2. The zero-order chi connectivity index (χ0) is 23.0. The molecule has 3 aromatic rings. The van der Waals surface area contributed by atoms with Crippen molar-refractivity contribution in [1.82, 2.24) is 0 Å². The molecular weight excluding hydrogens is 416 g/mol. The molecule has 1 fully saturated rings. The van der Waals surface area contributed by atoms with Crippen LogP contribution in [0.5, 0.6) is 11.5 Å². The van der Waals surface area contributed by atoms with Crippen LogP contribution < -0.4 is 9.64 Å². The second-order valence-electron chi connectivity index (χ2n) is 7.26. The lowest BCUT2D eigenvalue weighted by Gasteiger charge is -2.21. The Morgan fingerprint density at radius 1 is 1.00 bits per heavy atom. The van der Waals surface area contributed by atoms with Gasteiger partial charge < -0.3 is 14.6 Å². The van der Waals surface area contributed by atoms with Gasteiger partial charge in [0.1, 0.15) is 11.5 Å². The lowest BCUT2D eigenvalue weighted by molar-refractivity contribution is -0.0975. The summed E-state index contributed by atoms with van der Waals surface area (Å²) in [6.07, 6.45) is -2.35. The fraction of sp³-hybridized carbons (Fsp3) is 0.240. The Morgan fingerprint density at radius 2 is 1.59 bits per heavy atom. The monoisotopic (exact) mass is 441 g/mol. The van der Waals surface area contributed by atoms with Gasteiger partial charge >= 0.3 is 6.09 Å². The molecule has 7 heteroatoms. The number of benzene rings is 3. The third kappa shape index (κ3) is 6.20. The predicted octanol–water partition coefficient (Wildman–Crippen LogP) is 5.68. The number of ether oxygens (including phenoxy) is 2. The highest BCUT2D eigenvalue weighted by Gasteiger charge is 2.48. The van der Waals surface area contributed by atoms with Crippen molar-refractivity contribution in [3.8, 4) is 11.5 Å². The number of alkyl halides is 2. The number of aryl methyl sites for hydroxylation is 1. The van der Waals surface area contributed by atoms with Gasteiger partial charge in [-0.25, -0.2) is 13.6 Å². The topological polar surface area (TPSA) is 59.0 Å². The number of aromatic hydroxyl groups is 1. The second kappa shape index (κ2) is 10.6. The number of phenolic OH excluding ortho intramolecular Hbond substituents is 1. The van der Waals surface area contributed by atoms with Crippen LogP contribution in [0.1, 0.15) is 12.0 Å². The van der Waals surface area contributed by atoms with Crippen molar-refractivity contribution in [2.45, 2.75) is 24.9 Å². The van der Waals surface area contributed by atoms with E-state index in [-0.39, 0.29) is 19.4 Å². The highest BCUT2D eigenvalue weighted by Crippen LogP contribution is 2.34. The summed E-state index contributed by atoms with van der Waals surface area (Å²) in [7, 11) is 1.53. The van der Waals surface area contributed by atoms with E-state index in [1.807, 2.05) is 24.3 Å². The first-order valence-electron chi connectivity index (χ1n) is 10.2. The highest BCUT2D eigenvalue weighted by molar-refractivity contribution is 5.89. The number of anilines is 1. The van der Waals surface area contributed by atoms with E-state index in [9.17, 15) is 13.6 Å². The summed E-state index contributed by atoms with van der Waals surface area (Å²) in [5, 5.41) is 8.63. The number of nitrogens with zero attached hydrogens (tertiary/aromatic N) is 1. The number of para-hydroxylation sites is 1. The van der Waals surface area contributed by atoms with Gasteiger partial charge in [0.15, 0.2) is 6.10 Å². The molecule has 1 amide bonds. The predicted molar refractivity (Wildman–Crippen MR) is 118 cm³/mol. The zero-order valence-electron chi connectivity index (χ0n) is 17.7. The van der Waals surface area contributed by atoms with E-state index in [4.69, 9.17) is 14.6 Å². The van der Waals surface area contributed by atoms with Crippen LogP contribution in [-0.4, -0.2) is 36.9 Å². The van der Waals surface area contributed by atoms with Crippen molar-refractivity contribution in [1.29, 1.82) is 0 Å². The molecule has 1 saturated heterocycles. The fourth-order valence-electron chi connectivity index (χ4n) is 3.20. The van der Waals surface area contributed by atoms with Crippen molar-refractivity contribution in [3.05, 3.63) is 90.5 Å².